The molecule has 1 atom stereocenters. The maximum Gasteiger partial charge on any atom is 0.320 e. The lowest BCUT2D eigenvalue weighted by Crippen LogP contribution is -2.30. The third kappa shape index (κ3) is 6.39. The number of H-pyrrole nitrogens is 1. The van der Waals surface area contributed by atoms with E-state index in [9.17, 15) is 9.59 Å². The molecule has 0 saturated heterocycles. The van der Waals surface area contributed by atoms with Gasteiger partial charge >= 0.3 is 5.97 Å². The van der Waals surface area contributed by atoms with Crippen LogP contribution >= 0.6 is 0 Å². The predicted octanol–water partition coefficient (Wildman–Crippen LogP) is 1.61. The van der Waals surface area contributed by atoms with E-state index < -0.39 is 17.9 Å². The largest absolute Gasteiger partial charge is 0.497 e. The van der Waals surface area contributed by atoms with Crippen LogP contribution in [0.2, 0.25) is 0 Å². The number of nitrogens with zero attached hydrogens (tertiary/aromatic N) is 5. The Morgan fingerprint density at radius 1 is 1.17 bits per heavy atom. The molecule has 16 heteroatoms. The Morgan fingerprint density at radius 2 is 1.93 bits per heavy atom. The zero-order chi connectivity index (χ0) is 30.2. The van der Waals surface area contributed by atoms with E-state index in [0.29, 0.717) is 42.0 Å². The number of furan rings is 1. The number of guanidine groups is 1. The lowest BCUT2D eigenvalue weighted by atomic mass is 10.2. The van der Waals surface area contributed by atoms with Crippen molar-refractivity contribution in [1.29, 1.82) is 0 Å². The minimum Gasteiger partial charge on any atom is -0.497 e. The summed E-state index contributed by atoms with van der Waals surface area (Å²) in [5, 5.41) is 24.9. The van der Waals surface area contributed by atoms with Gasteiger partial charge in [-0.05, 0) is 48.4 Å². The molecule has 3 aromatic heterocycles. The zero-order valence-electron chi connectivity index (χ0n) is 22.8. The summed E-state index contributed by atoms with van der Waals surface area (Å²) < 4.78 is 19.0. The van der Waals surface area contributed by atoms with Crippen LogP contribution in [0.5, 0.6) is 11.5 Å². The Balaban J connectivity index is 0.000000288. The number of carbonyl (C=O) groups excluding carboxylic acids is 1. The van der Waals surface area contributed by atoms with Crippen molar-refractivity contribution < 1.29 is 28.6 Å². The van der Waals surface area contributed by atoms with Crippen LogP contribution in [-0.2, 0) is 4.79 Å². The number of ether oxygens (including phenoxy) is 2. The number of aromatic nitrogens is 5. The Morgan fingerprint density at radius 3 is 2.55 bits per heavy atom. The molecule has 9 N–H and O–H groups in total. The first-order chi connectivity index (χ1) is 20.2. The third-order valence-electron chi connectivity index (χ3n) is 6.03. The number of carboxylic acids is 1. The highest BCUT2D eigenvalue weighted by Crippen LogP contribution is 2.42. The van der Waals surface area contributed by atoms with Gasteiger partial charge in [-0.2, -0.15) is 5.21 Å². The average Bonchev–Trinajstić information content (AvgIpc) is 3.71. The van der Waals surface area contributed by atoms with Crippen LogP contribution in [0.4, 0.5) is 5.95 Å². The molecule has 0 spiro atoms. The highest BCUT2D eigenvalue weighted by atomic mass is 16.5. The molecule has 220 valence electrons. The van der Waals surface area contributed by atoms with Crippen molar-refractivity contribution in [3.05, 3.63) is 54.3 Å². The van der Waals surface area contributed by atoms with E-state index in [1.807, 2.05) is 53.1 Å². The van der Waals surface area contributed by atoms with Crippen LogP contribution in [-0.4, -0.2) is 74.9 Å². The molecule has 0 fully saturated rings. The number of nitrogens with two attached hydrogens (primary N) is 3. The van der Waals surface area contributed by atoms with Gasteiger partial charge in [0.25, 0.3) is 11.9 Å². The van der Waals surface area contributed by atoms with E-state index in [0.717, 1.165) is 16.6 Å². The Labute approximate surface area is 238 Å². The van der Waals surface area contributed by atoms with E-state index in [-0.39, 0.29) is 17.7 Å². The number of para-hydroxylation sites is 1. The molecular weight excluding hydrogens is 548 g/mol. The molecule has 0 aliphatic rings. The summed E-state index contributed by atoms with van der Waals surface area (Å²) in [5.74, 6) is -0.547. The molecule has 0 saturated carbocycles. The quantitative estimate of drug-likeness (QED) is 0.0785. The van der Waals surface area contributed by atoms with Gasteiger partial charge in [0.15, 0.2) is 17.3 Å². The van der Waals surface area contributed by atoms with Crippen LogP contribution in [0.3, 0.4) is 0 Å². The summed E-state index contributed by atoms with van der Waals surface area (Å²) in [4.78, 5) is 26.7. The van der Waals surface area contributed by atoms with E-state index in [4.69, 9.17) is 36.2 Å². The number of aromatic amines is 1. The molecule has 1 amide bonds. The van der Waals surface area contributed by atoms with E-state index in [1.54, 1.807) is 7.11 Å². The Hall–Kier alpha value is -5.64. The highest BCUT2D eigenvalue weighted by Gasteiger charge is 2.28. The van der Waals surface area contributed by atoms with Crippen molar-refractivity contribution in [3.63, 3.8) is 0 Å². The number of amides is 1. The van der Waals surface area contributed by atoms with Gasteiger partial charge in [-0.3, -0.25) is 19.9 Å². The van der Waals surface area contributed by atoms with Gasteiger partial charge < -0.3 is 40.8 Å². The number of carbonyl (C=O) groups is 2. The van der Waals surface area contributed by atoms with Gasteiger partial charge in [0.1, 0.15) is 17.3 Å². The van der Waals surface area contributed by atoms with Gasteiger partial charge in [0.05, 0.1) is 19.7 Å². The first kappa shape index (κ1) is 29.3. The van der Waals surface area contributed by atoms with Crippen LogP contribution in [0.1, 0.15) is 23.4 Å². The standard InChI is InChI=1S/C20H16N6O4.C6H14N4O2/c1-28-12-8-9-14-13(10-12)16-15(26(14)11-6-4-3-5-7-11)17(29-2)18(30-16)19(27)21-20-22-24-25-23-20;7-4(5(11)12)2-1-3-10-6(8)9/h3-10H,1-2H3,(H2,21,22,23,24,25,27);4H,1-3,7H2,(H,11,12)(H4,8,9,10)/t;4-/m.0/s1. The van der Waals surface area contributed by atoms with E-state index in [1.165, 1.54) is 7.11 Å². The number of nitrogens with one attached hydrogen (secondary N) is 2. The van der Waals surface area contributed by atoms with Crippen LogP contribution in [0.15, 0.2) is 57.9 Å². The summed E-state index contributed by atoms with van der Waals surface area (Å²) in [6.07, 6.45) is 0.956. The maximum atomic E-state index is 12.8. The summed E-state index contributed by atoms with van der Waals surface area (Å²) in [5.41, 5.74) is 18.2. The first-order valence-corrected chi connectivity index (χ1v) is 12.6. The minimum absolute atomic E-state index is 0.00158. The van der Waals surface area contributed by atoms with Crippen LogP contribution in [0.25, 0.3) is 27.7 Å². The number of aliphatic carboxylic acids is 1. The molecule has 0 aliphatic carbocycles. The fourth-order valence-electron chi connectivity index (χ4n) is 4.13. The van der Waals surface area contributed by atoms with Gasteiger partial charge in [0.2, 0.25) is 5.76 Å². The molecular formula is C26H30N10O6. The van der Waals surface area contributed by atoms with Crippen molar-refractivity contribution in [1.82, 2.24) is 25.2 Å². The molecule has 42 heavy (non-hydrogen) atoms. The van der Waals surface area contributed by atoms with Gasteiger partial charge in [-0.15, -0.1) is 5.10 Å². The van der Waals surface area contributed by atoms with Gasteiger partial charge in [0, 0.05) is 17.6 Å². The molecule has 0 unspecified atom stereocenters. The molecule has 5 rings (SSSR count). The topological polar surface area (TPSA) is 248 Å². The lowest BCUT2D eigenvalue weighted by molar-refractivity contribution is -0.138. The average molecular weight is 579 g/mol. The molecule has 0 aliphatic heterocycles. The van der Waals surface area contributed by atoms with Crippen molar-refractivity contribution in [2.45, 2.75) is 18.9 Å². The van der Waals surface area contributed by atoms with E-state index >= 15 is 0 Å². The number of tetrazole rings is 1. The normalized spacial score (nSPS) is 11.4. The predicted molar refractivity (Wildman–Crippen MR) is 154 cm³/mol. The maximum absolute atomic E-state index is 12.8. The number of benzene rings is 2. The number of carboxylic acid groups (broad SMARTS) is 1. The number of hydrogen-bond donors (Lipinski definition) is 6. The number of methoxy groups -OCH3 is 2. The second-order valence-electron chi connectivity index (χ2n) is 8.78. The molecule has 0 bridgehead atoms. The van der Waals surface area contributed by atoms with Crippen molar-refractivity contribution in [2.24, 2.45) is 22.2 Å². The SMILES string of the molecule is COc1ccc2c(c1)c1oc(C(=O)Nc3nn[nH]n3)c(OC)c1n2-c1ccccc1.NC(N)=NCCC[C@H](N)C(=O)O. The summed E-state index contributed by atoms with van der Waals surface area (Å²) >= 11 is 0. The first-order valence-electron chi connectivity index (χ1n) is 12.6. The number of aliphatic imine (C=N–C) groups is 1. The number of hydrogen-bond acceptors (Lipinski definition) is 10. The van der Waals surface area contributed by atoms with Crippen LogP contribution < -0.4 is 32.0 Å². The van der Waals surface area contributed by atoms with Crippen LogP contribution in [0, 0.1) is 0 Å². The van der Waals surface area contributed by atoms with Crippen molar-refractivity contribution in [2.75, 3.05) is 26.1 Å². The fraction of sp³-hybridized carbons (Fsp3) is 0.231. The van der Waals surface area contributed by atoms with Crippen molar-refractivity contribution in [3.8, 4) is 17.2 Å². The summed E-state index contributed by atoms with van der Waals surface area (Å²) in [6.45, 7) is 0.420. The van der Waals surface area contributed by atoms with Gasteiger partial charge in [-0.25, -0.2) is 0 Å². The minimum atomic E-state index is -1.00. The van der Waals surface area contributed by atoms with Gasteiger partial charge in [-0.1, -0.05) is 23.3 Å². The smallest absolute Gasteiger partial charge is 0.320 e. The second kappa shape index (κ2) is 13.1. The number of rotatable bonds is 10. The highest BCUT2D eigenvalue weighted by molar-refractivity contribution is 6.14. The molecule has 3 heterocycles. The number of fused-ring (bicyclic) bond motifs is 3. The molecule has 16 nitrogen and oxygen atoms in total. The molecule has 2 aromatic carbocycles. The second-order valence-corrected chi connectivity index (χ2v) is 8.78. The summed E-state index contributed by atoms with van der Waals surface area (Å²) in [6, 6.07) is 14.6. The van der Waals surface area contributed by atoms with Crippen molar-refractivity contribution >= 4 is 45.8 Å². The number of anilines is 1. The monoisotopic (exact) mass is 578 g/mol. The van der Waals surface area contributed by atoms with E-state index in [2.05, 4.69) is 30.9 Å². The third-order valence-corrected chi connectivity index (χ3v) is 6.03. The molecule has 0 radical (unpaired) electrons. The molecule has 5 aromatic rings. The fourth-order valence-corrected chi connectivity index (χ4v) is 4.13. The zero-order valence-corrected chi connectivity index (χ0v) is 22.8. The summed E-state index contributed by atoms with van der Waals surface area (Å²) in [7, 11) is 3.09. The Kier molecular flexibility index (Phi) is 9.18. The Bertz CT molecular complexity index is 1690. The lowest BCUT2D eigenvalue weighted by Gasteiger charge is -2.09.